The van der Waals surface area contributed by atoms with E-state index in [9.17, 15) is 19.2 Å². The molecule has 0 saturated carbocycles. The van der Waals surface area contributed by atoms with E-state index < -0.39 is 48.4 Å². The fraction of sp³-hybridized carbons (Fsp3) is 0.593. The molecule has 0 aliphatic carbocycles. The highest BCUT2D eigenvalue weighted by Gasteiger charge is 2.55. The van der Waals surface area contributed by atoms with Crippen molar-refractivity contribution in [3.8, 4) is 0 Å². The molecule has 1 N–H and O–H groups in total. The Hall–Kier alpha value is -3.31. The van der Waals surface area contributed by atoms with Crippen molar-refractivity contribution in [2.24, 2.45) is 4.99 Å². The number of esters is 4. The topological polar surface area (TPSA) is 147 Å². The van der Waals surface area contributed by atoms with Crippen LogP contribution in [0.25, 0.3) is 0 Å². The zero-order valence-electron chi connectivity index (χ0n) is 22.1. The standard InChI is InChI=1S/C27H35NO10/c1-15-23(20-10-8-19(9-11-20)13-35-22(33)7-5-6-12-29)26-24(28-15)27(37-18(4)32)25(36-17(3)31)21(38-26)14-34-16(2)30/h8-11,21,23-27,29H,5-7,12-14H2,1-4H3. The number of carbonyl (C=O) groups is 4. The number of aliphatic hydroxyl groups excluding tert-OH is 1. The minimum absolute atomic E-state index is 0.0424. The van der Waals surface area contributed by atoms with Gasteiger partial charge in [-0.15, -0.1) is 0 Å². The van der Waals surface area contributed by atoms with Gasteiger partial charge in [0.1, 0.15) is 25.4 Å². The average molecular weight is 534 g/mol. The second-order valence-electron chi connectivity index (χ2n) is 9.41. The van der Waals surface area contributed by atoms with Gasteiger partial charge in [0.2, 0.25) is 0 Å². The average Bonchev–Trinajstić information content (AvgIpc) is 3.18. The molecule has 38 heavy (non-hydrogen) atoms. The quantitative estimate of drug-likeness (QED) is 0.254. The summed E-state index contributed by atoms with van der Waals surface area (Å²) in [6.45, 7) is 5.58. The third-order valence-corrected chi connectivity index (χ3v) is 6.41. The third kappa shape index (κ3) is 7.61. The molecule has 0 aromatic heterocycles. The normalized spacial score (nSPS) is 26.1. The molecule has 1 aromatic rings. The fourth-order valence-electron chi connectivity index (χ4n) is 4.79. The molecule has 0 bridgehead atoms. The van der Waals surface area contributed by atoms with E-state index in [2.05, 4.69) is 0 Å². The van der Waals surface area contributed by atoms with Crippen LogP contribution in [0.5, 0.6) is 0 Å². The van der Waals surface area contributed by atoms with E-state index in [1.54, 1.807) is 0 Å². The van der Waals surface area contributed by atoms with Gasteiger partial charge in [-0.05, 0) is 30.9 Å². The largest absolute Gasteiger partial charge is 0.463 e. The number of fused-ring (bicyclic) bond motifs is 1. The summed E-state index contributed by atoms with van der Waals surface area (Å²) in [5.41, 5.74) is 2.43. The van der Waals surface area contributed by atoms with Crippen molar-refractivity contribution in [3.63, 3.8) is 0 Å². The highest BCUT2D eigenvalue weighted by molar-refractivity contribution is 5.92. The van der Waals surface area contributed by atoms with Gasteiger partial charge >= 0.3 is 23.9 Å². The maximum atomic E-state index is 12.0. The SMILES string of the molecule is CC(=O)OCC1OC2C(c3ccc(COC(=O)CCCCO)cc3)C(C)=NC2C(OC(C)=O)C1OC(C)=O. The van der Waals surface area contributed by atoms with Gasteiger partial charge in [0, 0.05) is 39.5 Å². The Kier molecular flexibility index (Phi) is 10.4. The summed E-state index contributed by atoms with van der Waals surface area (Å²) >= 11 is 0. The van der Waals surface area contributed by atoms with Crippen LogP contribution in [-0.4, -0.2) is 78.4 Å². The monoisotopic (exact) mass is 533 g/mol. The van der Waals surface area contributed by atoms with Crippen molar-refractivity contribution in [1.82, 2.24) is 0 Å². The molecule has 208 valence electrons. The Morgan fingerprint density at radius 3 is 2.18 bits per heavy atom. The minimum atomic E-state index is -1.01. The lowest BCUT2D eigenvalue weighted by Crippen LogP contribution is -2.60. The number of unbranched alkanes of at least 4 members (excludes halogenated alkanes) is 1. The van der Waals surface area contributed by atoms with E-state index in [1.807, 2.05) is 31.2 Å². The number of ether oxygens (including phenoxy) is 5. The first kappa shape index (κ1) is 29.2. The molecule has 2 heterocycles. The Morgan fingerprint density at radius 1 is 0.921 bits per heavy atom. The summed E-state index contributed by atoms with van der Waals surface area (Å²) in [5.74, 6) is -2.31. The number of aliphatic hydroxyl groups is 1. The molecule has 6 atom stereocenters. The fourth-order valence-corrected chi connectivity index (χ4v) is 4.79. The summed E-state index contributed by atoms with van der Waals surface area (Å²) in [7, 11) is 0. The summed E-state index contributed by atoms with van der Waals surface area (Å²) in [6.07, 6.45) is -2.01. The van der Waals surface area contributed by atoms with E-state index >= 15 is 0 Å². The van der Waals surface area contributed by atoms with Crippen molar-refractivity contribution in [2.75, 3.05) is 13.2 Å². The van der Waals surface area contributed by atoms with E-state index in [4.69, 9.17) is 33.8 Å². The van der Waals surface area contributed by atoms with Crippen molar-refractivity contribution in [2.45, 2.75) is 89.9 Å². The number of hydrogen-bond acceptors (Lipinski definition) is 11. The molecule has 6 unspecified atom stereocenters. The van der Waals surface area contributed by atoms with Crippen molar-refractivity contribution >= 4 is 29.6 Å². The second-order valence-corrected chi connectivity index (χ2v) is 9.41. The number of rotatable bonds is 11. The van der Waals surface area contributed by atoms with E-state index in [0.717, 1.165) is 16.8 Å². The lowest BCUT2D eigenvalue weighted by Gasteiger charge is -2.43. The number of aliphatic imine (C=N–C) groups is 1. The highest BCUT2D eigenvalue weighted by atomic mass is 16.6. The van der Waals surface area contributed by atoms with Gasteiger partial charge in [0.05, 0.1) is 12.0 Å². The molecule has 0 amide bonds. The van der Waals surface area contributed by atoms with Crippen LogP contribution in [0.3, 0.4) is 0 Å². The number of nitrogens with zero attached hydrogens (tertiary/aromatic N) is 1. The molecule has 1 saturated heterocycles. The van der Waals surface area contributed by atoms with Crippen LogP contribution in [-0.2, 0) is 49.5 Å². The molecule has 11 nitrogen and oxygen atoms in total. The second kappa shape index (κ2) is 13.5. The third-order valence-electron chi connectivity index (χ3n) is 6.41. The van der Waals surface area contributed by atoms with Gasteiger partial charge in [-0.3, -0.25) is 24.2 Å². The van der Waals surface area contributed by atoms with Crippen molar-refractivity contribution in [3.05, 3.63) is 35.4 Å². The first-order chi connectivity index (χ1) is 18.1. The number of hydrogen-bond donors (Lipinski definition) is 1. The first-order valence-corrected chi connectivity index (χ1v) is 12.6. The predicted molar refractivity (Wildman–Crippen MR) is 133 cm³/mol. The summed E-state index contributed by atoms with van der Waals surface area (Å²) in [5, 5.41) is 8.83. The molecular weight excluding hydrogens is 498 g/mol. The van der Waals surface area contributed by atoms with Crippen LogP contribution >= 0.6 is 0 Å². The first-order valence-electron chi connectivity index (χ1n) is 12.6. The van der Waals surface area contributed by atoms with Gasteiger partial charge in [-0.2, -0.15) is 0 Å². The summed E-state index contributed by atoms with van der Waals surface area (Å²) in [4.78, 5) is 51.9. The van der Waals surface area contributed by atoms with Crippen molar-refractivity contribution < 1.29 is 48.0 Å². The molecule has 1 aromatic carbocycles. The molecule has 2 aliphatic rings. The van der Waals surface area contributed by atoms with Crippen LogP contribution in [0, 0.1) is 0 Å². The maximum Gasteiger partial charge on any atom is 0.306 e. The molecule has 11 heteroatoms. The zero-order chi connectivity index (χ0) is 27.8. The molecule has 1 fully saturated rings. The molecule has 0 radical (unpaired) electrons. The van der Waals surface area contributed by atoms with E-state index in [0.29, 0.717) is 12.8 Å². The highest BCUT2D eigenvalue weighted by Crippen LogP contribution is 2.41. The Morgan fingerprint density at radius 2 is 1.58 bits per heavy atom. The smallest absolute Gasteiger partial charge is 0.306 e. The van der Waals surface area contributed by atoms with E-state index in [-0.39, 0.29) is 38.1 Å². The Balaban J connectivity index is 1.79. The van der Waals surface area contributed by atoms with Crippen LogP contribution in [0.2, 0.25) is 0 Å². The zero-order valence-corrected chi connectivity index (χ0v) is 22.1. The van der Waals surface area contributed by atoms with Crippen LogP contribution < -0.4 is 0 Å². The van der Waals surface area contributed by atoms with Gasteiger partial charge in [-0.25, -0.2) is 0 Å². The van der Waals surface area contributed by atoms with Crippen LogP contribution in [0.1, 0.15) is 64.0 Å². The molecule has 0 spiro atoms. The van der Waals surface area contributed by atoms with Gasteiger partial charge in [0.15, 0.2) is 12.2 Å². The van der Waals surface area contributed by atoms with Crippen LogP contribution in [0.4, 0.5) is 0 Å². The van der Waals surface area contributed by atoms with Crippen molar-refractivity contribution in [1.29, 1.82) is 0 Å². The number of benzene rings is 1. The van der Waals surface area contributed by atoms with Gasteiger partial charge < -0.3 is 28.8 Å². The molecule has 3 rings (SSSR count). The van der Waals surface area contributed by atoms with Gasteiger partial charge in [-0.1, -0.05) is 24.3 Å². The lowest BCUT2D eigenvalue weighted by atomic mass is 9.83. The lowest BCUT2D eigenvalue weighted by molar-refractivity contribution is -0.218. The predicted octanol–water partition coefficient (Wildman–Crippen LogP) is 2.01. The minimum Gasteiger partial charge on any atom is -0.463 e. The molecular formula is C27H35NO10. The summed E-state index contributed by atoms with van der Waals surface area (Å²) in [6, 6.07) is 6.85. The molecule has 2 aliphatic heterocycles. The number of carbonyl (C=O) groups excluding carboxylic acids is 4. The maximum absolute atomic E-state index is 12.0. The van der Waals surface area contributed by atoms with E-state index in [1.165, 1.54) is 20.8 Å². The Labute approximate surface area is 221 Å². The summed E-state index contributed by atoms with van der Waals surface area (Å²) < 4.78 is 27.9. The van der Waals surface area contributed by atoms with Crippen LogP contribution in [0.15, 0.2) is 29.3 Å². The van der Waals surface area contributed by atoms with Gasteiger partial charge in [0.25, 0.3) is 0 Å². The Bertz CT molecular complexity index is 1040.